The molecule has 0 radical (unpaired) electrons. The fraction of sp³-hybridized carbons (Fsp3) is 0.207. The maximum absolute atomic E-state index is 13.8. The van der Waals surface area contributed by atoms with Crippen LogP contribution in [0.4, 0.5) is 5.69 Å². The van der Waals surface area contributed by atoms with Gasteiger partial charge in [-0.1, -0.05) is 46.7 Å². The van der Waals surface area contributed by atoms with E-state index in [0.717, 1.165) is 11.3 Å². The van der Waals surface area contributed by atoms with Crippen molar-refractivity contribution in [3.8, 4) is 11.3 Å². The number of nitrogens with zero attached hydrogens (tertiary/aromatic N) is 3. The number of carbonyl (C=O) groups excluding carboxylic acids is 1. The summed E-state index contributed by atoms with van der Waals surface area (Å²) in [6, 6.07) is 15.8. The Labute approximate surface area is 238 Å². The van der Waals surface area contributed by atoms with Gasteiger partial charge in [-0.25, -0.2) is 9.79 Å². The summed E-state index contributed by atoms with van der Waals surface area (Å²) in [5.41, 5.74) is 3.05. The van der Waals surface area contributed by atoms with Gasteiger partial charge in [0.2, 0.25) is 0 Å². The molecule has 2 aromatic heterocycles. The lowest BCUT2D eigenvalue weighted by atomic mass is 9.95. The number of halogens is 2. The number of benzene rings is 2. The summed E-state index contributed by atoms with van der Waals surface area (Å²) in [5.74, 6) is 0.537. The normalized spacial score (nSPS) is 15.2. The van der Waals surface area contributed by atoms with Crippen molar-refractivity contribution in [2.24, 2.45) is 4.99 Å². The first kappa shape index (κ1) is 27.0. The van der Waals surface area contributed by atoms with Gasteiger partial charge < -0.3 is 14.1 Å². The Morgan fingerprint density at radius 3 is 2.56 bits per heavy atom. The molecular formula is C29H25Cl2N3O4S. The fourth-order valence-corrected chi connectivity index (χ4v) is 5.98. The molecule has 200 valence electrons. The number of furan rings is 1. The molecule has 0 amide bonds. The van der Waals surface area contributed by atoms with Crippen molar-refractivity contribution >= 4 is 52.3 Å². The second kappa shape index (κ2) is 10.9. The maximum atomic E-state index is 13.8. The minimum Gasteiger partial charge on any atom is -0.463 e. The molecule has 0 spiro atoms. The number of hydrogen-bond acceptors (Lipinski definition) is 7. The van der Waals surface area contributed by atoms with Gasteiger partial charge in [0.15, 0.2) is 4.80 Å². The van der Waals surface area contributed by atoms with Crippen molar-refractivity contribution in [1.29, 1.82) is 0 Å². The molecule has 1 atom stereocenters. The zero-order valence-electron chi connectivity index (χ0n) is 21.7. The number of allylic oxidation sites excluding steroid dienone is 1. The Balaban J connectivity index is 1.63. The van der Waals surface area contributed by atoms with Gasteiger partial charge in [-0.15, -0.1) is 0 Å². The summed E-state index contributed by atoms with van der Waals surface area (Å²) >= 11 is 13.6. The van der Waals surface area contributed by atoms with Gasteiger partial charge in [-0.2, -0.15) is 0 Å². The Hall–Kier alpha value is -3.59. The maximum Gasteiger partial charge on any atom is 0.338 e. The monoisotopic (exact) mass is 581 g/mol. The van der Waals surface area contributed by atoms with Crippen LogP contribution in [0.2, 0.25) is 10.0 Å². The predicted octanol–water partition coefficient (Wildman–Crippen LogP) is 5.43. The van der Waals surface area contributed by atoms with Crippen LogP contribution >= 0.6 is 34.5 Å². The third kappa shape index (κ3) is 5.20. The topological polar surface area (TPSA) is 77.0 Å². The first-order valence-electron chi connectivity index (χ1n) is 12.2. The minimum absolute atomic E-state index is 0.213. The van der Waals surface area contributed by atoms with E-state index in [0.29, 0.717) is 47.7 Å². The molecule has 0 bridgehead atoms. The molecule has 0 fully saturated rings. The van der Waals surface area contributed by atoms with Crippen molar-refractivity contribution < 1.29 is 13.9 Å². The highest BCUT2D eigenvalue weighted by molar-refractivity contribution is 7.07. The van der Waals surface area contributed by atoms with Gasteiger partial charge in [0.25, 0.3) is 5.56 Å². The lowest BCUT2D eigenvalue weighted by Gasteiger charge is -2.25. The van der Waals surface area contributed by atoms with Gasteiger partial charge in [-0.05, 0) is 61.9 Å². The number of carbonyl (C=O) groups is 1. The molecule has 0 saturated heterocycles. The van der Waals surface area contributed by atoms with E-state index in [9.17, 15) is 9.59 Å². The van der Waals surface area contributed by atoms with Crippen LogP contribution in [0.25, 0.3) is 17.4 Å². The first-order valence-corrected chi connectivity index (χ1v) is 13.8. The molecule has 3 heterocycles. The number of rotatable bonds is 6. The molecule has 0 saturated carbocycles. The largest absolute Gasteiger partial charge is 0.463 e. The Kier molecular flexibility index (Phi) is 7.53. The van der Waals surface area contributed by atoms with Gasteiger partial charge >= 0.3 is 5.97 Å². The molecule has 1 unspecified atom stereocenters. The molecule has 39 heavy (non-hydrogen) atoms. The van der Waals surface area contributed by atoms with E-state index in [4.69, 9.17) is 32.4 Å². The Bertz CT molecular complexity index is 1780. The van der Waals surface area contributed by atoms with Crippen molar-refractivity contribution in [2.75, 3.05) is 25.6 Å². The number of ether oxygens (including phenoxy) is 1. The Morgan fingerprint density at radius 1 is 1.15 bits per heavy atom. The molecule has 10 heteroatoms. The van der Waals surface area contributed by atoms with Crippen molar-refractivity contribution in [1.82, 2.24) is 4.57 Å². The van der Waals surface area contributed by atoms with E-state index in [1.54, 1.807) is 54.8 Å². The molecule has 5 rings (SSSR count). The molecule has 0 N–H and O–H groups in total. The van der Waals surface area contributed by atoms with Gasteiger partial charge in [0, 0.05) is 36.4 Å². The Morgan fingerprint density at radius 2 is 1.90 bits per heavy atom. The van der Waals surface area contributed by atoms with Crippen LogP contribution in [-0.4, -0.2) is 31.2 Å². The standard InChI is InChI=1S/C29H25Cl2N3O4S/c1-5-37-28(36)25-16(2)32-29-34(26(25)17-6-9-19(10-7-17)33(3)4)27(35)24(39-29)15-20-11-13-23(38-20)21-12-8-18(30)14-22(21)31/h6-15,26H,5H2,1-4H3. The molecule has 4 aromatic rings. The number of hydrogen-bond donors (Lipinski definition) is 0. The van der Waals surface area contributed by atoms with Crippen molar-refractivity contribution in [2.45, 2.75) is 19.9 Å². The zero-order valence-corrected chi connectivity index (χ0v) is 24.0. The second-order valence-corrected chi connectivity index (χ2v) is 11.0. The van der Waals surface area contributed by atoms with Crippen LogP contribution in [0.15, 0.2) is 80.1 Å². The number of thiazole rings is 1. The highest BCUT2D eigenvalue weighted by Crippen LogP contribution is 2.33. The van der Waals surface area contributed by atoms with E-state index in [2.05, 4.69) is 4.99 Å². The number of fused-ring (bicyclic) bond motifs is 1. The van der Waals surface area contributed by atoms with E-state index in [-0.39, 0.29) is 12.2 Å². The molecule has 2 aromatic carbocycles. The van der Waals surface area contributed by atoms with Crippen LogP contribution in [0.5, 0.6) is 0 Å². The summed E-state index contributed by atoms with van der Waals surface area (Å²) < 4.78 is 13.3. The SMILES string of the molecule is CCOC(=O)C1=C(C)N=c2sc(=Cc3ccc(-c4ccc(Cl)cc4Cl)o3)c(=O)n2C1c1ccc(N(C)C)cc1. The quantitative estimate of drug-likeness (QED) is 0.284. The fourth-order valence-electron chi connectivity index (χ4n) is 4.46. The predicted molar refractivity (Wildman–Crippen MR) is 155 cm³/mol. The van der Waals surface area contributed by atoms with E-state index < -0.39 is 12.0 Å². The van der Waals surface area contributed by atoms with Crippen LogP contribution in [0, 0.1) is 0 Å². The highest BCUT2D eigenvalue weighted by atomic mass is 35.5. The summed E-state index contributed by atoms with van der Waals surface area (Å²) in [6.45, 7) is 3.72. The summed E-state index contributed by atoms with van der Waals surface area (Å²) in [4.78, 5) is 34.0. The summed E-state index contributed by atoms with van der Waals surface area (Å²) in [7, 11) is 3.90. The van der Waals surface area contributed by atoms with E-state index in [1.807, 2.05) is 43.3 Å². The molecule has 7 nitrogen and oxygen atoms in total. The van der Waals surface area contributed by atoms with Crippen molar-refractivity contribution in [3.63, 3.8) is 0 Å². The molecule has 0 aliphatic carbocycles. The van der Waals surface area contributed by atoms with Crippen LogP contribution in [-0.2, 0) is 9.53 Å². The lowest BCUT2D eigenvalue weighted by Crippen LogP contribution is -2.39. The van der Waals surface area contributed by atoms with Crippen LogP contribution < -0.4 is 19.8 Å². The number of aromatic nitrogens is 1. The minimum atomic E-state index is -0.682. The smallest absolute Gasteiger partial charge is 0.338 e. The second-order valence-electron chi connectivity index (χ2n) is 9.11. The summed E-state index contributed by atoms with van der Waals surface area (Å²) in [6.07, 6.45) is 1.67. The number of esters is 1. The average molecular weight is 583 g/mol. The van der Waals surface area contributed by atoms with Gasteiger partial charge in [-0.3, -0.25) is 9.36 Å². The molecule has 1 aliphatic rings. The third-order valence-electron chi connectivity index (χ3n) is 6.34. The van der Waals surface area contributed by atoms with Crippen molar-refractivity contribution in [3.05, 3.63) is 107 Å². The summed E-state index contributed by atoms with van der Waals surface area (Å²) in [5, 5.41) is 0.991. The zero-order chi connectivity index (χ0) is 27.8. The first-order chi connectivity index (χ1) is 18.7. The highest BCUT2D eigenvalue weighted by Gasteiger charge is 2.33. The average Bonchev–Trinajstić information content (AvgIpc) is 3.47. The third-order valence-corrected chi connectivity index (χ3v) is 7.87. The molecule has 1 aliphatic heterocycles. The van der Waals surface area contributed by atoms with Gasteiger partial charge in [0.05, 0.1) is 33.5 Å². The molecular weight excluding hydrogens is 557 g/mol. The van der Waals surface area contributed by atoms with Crippen LogP contribution in [0.1, 0.15) is 31.2 Å². The number of anilines is 1. The van der Waals surface area contributed by atoms with Crippen LogP contribution in [0.3, 0.4) is 0 Å². The van der Waals surface area contributed by atoms with E-state index in [1.165, 1.54) is 11.3 Å². The lowest BCUT2D eigenvalue weighted by molar-refractivity contribution is -0.139. The van der Waals surface area contributed by atoms with E-state index >= 15 is 0 Å². The van der Waals surface area contributed by atoms with Gasteiger partial charge in [0.1, 0.15) is 11.5 Å².